The van der Waals surface area contributed by atoms with Gasteiger partial charge in [0.25, 0.3) is 5.89 Å². The number of benzene rings is 1. The van der Waals surface area contributed by atoms with Crippen LogP contribution in [0, 0.1) is 0 Å². The third-order valence-electron chi connectivity index (χ3n) is 4.52. The number of nitrogens with zero attached hydrogens (tertiary/aromatic N) is 2. The van der Waals surface area contributed by atoms with Gasteiger partial charge in [0.05, 0.1) is 44.4 Å². The summed E-state index contributed by atoms with van der Waals surface area (Å²) in [6.07, 6.45) is 1.50. The molecule has 0 atom stereocenters. The van der Waals surface area contributed by atoms with Crippen molar-refractivity contribution in [3.63, 3.8) is 0 Å². The average molecular weight is 374 g/mol. The lowest BCUT2D eigenvalue weighted by Gasteiger charge is -2.29. The molecule has 0 radical (unpaired) electrons. The number of hydrogen-bond acceptors (Lipinski definition) is 6. The third-order valence-corrected chi connectivity index (χ3v) is 6.19. The minimum Gasteiger partial charge on any atom is -0.459 e. The van der Waals surface area contributed by atoms with Crippen LogP contribution >= 0.6 is 0 Å². The van der Waals surface area contributed by atoms with Crippen LogP contribution in [-0.4, -0.2) is 46.6 Å². The molecule has 1 saturated heterocycles. The van der Waals surface area contributed by atoms with Gasteiger partial charge in [-0.1, -0.05) is 18.2 Å². The average Bonchev–Trinajstić information content (AvgIpc) is 3.33. The molecule has 1 aliphatic rings. The number of oxazole rings is 1. The number of nitrogens with one attached hydrogen (secondary N) is 1. The maximum absolute atomic E-state index is 13.2. The van der Waals surface area contributed by atoms with Crippen LogP contribution in [-0.2, 0) is 9.84 Å². The highest BCUT2D eigenvalue weighted by Crippen LogP contribution is 2.34. The molecule has 1 fully saturated rings. The largest absolute Gasteiger partial charge is 0.459 e. The molecule has 7 nitrogen and oxygen atoms in total. The SMILES string of the molecule is C[NH+]1CCN(c2oc(-c3ccco3)nc2S(=O)(=O)c2ccccc2)CC1. The predicted octanol–water partition coefficient (Wildman–Crippen LogP) is 1.10. The molecule has 0 bridgehead atoms. The number of likely N-dealkylation sites (N-methyl/N-ethyl adjacent to an activating group) is 1. The highest BCUT2D eigenvalue weighted by molar-refractivity contribution is 7.91. The standard InChI is InChI=1S/C18H19N3O4S/c1-20-9-11-21(12-10-20)18-17(19-16(25-18)15-8-5-13-24-15)26(22,23)14-6-3-2-4-7-14/h2-8,13H,9-12H2,1H3/p+1. The quantitative estimate of drug-likeness (QED) is 0.737. The van der Waals surface area contributed by atoms with E-state index < -0.39 is 9.84 Å². The van der Waals surface area contributed by atoms with Crippen molar-refractivity contribution in [1.82, 2.24) is 4.98 Å². The van der Waals surface area contributed by atoms with Crippen molar-refractivity contribution < 1.29 is 22.2 Å². The summed E-state index contributed by atoms with van der Waals surface area (Å²) in [6, 6.07) is 11.7. The van der Waals surface area contributed by atoms with Crippen molar-refractivity contribution >= 4 is 15.7 Å². The monoisotopic (exact) mass is 374 g/mol. The molecule has 0 amide bonds. The van der Waals surface area contributed by atoms with Crippen LogP contribution in [0.3, 0.4) is 0 Å². The van der Waals surface area contributed by atoms with Gasteiger partial charge < -0.3 is 18.6 Å². The van der Waals surface area contributed by atoms with Gasteiger partial charge in [0, 0.05) is 0 Å². The van der Waals surface area contributed by atoms with Crippen molar-refractivity contribution in [3.05, 3.63) is 48.7 Å². The zero-order valence-corrected chi connectivity index (χ0v) is 15.2. The number of furan rings is 1. The summed E-state index contributed by atoms with van der Waals surface area (Å²) in [5.74, 6) is 0.860. The second-order valence-corrected chi connectivity index (χ2v) is 8.23. The molecule has 3 heterocycles. The fraction of sp³-hybridized carbons (Fsp3) is 0.278. The van der Waals surface area contributed by atoms with Gasteiger partial charge in [-0.15, -0.1) is 0 Å². The molecule has 0 spiro atoms. The highest BCUT2D eigenvalue weighted by atomic mass is 32.2. The molecule has 0 aliphatic carbocycles. The van der Waals surface area contributed by atoms with Crippen molar-refractivity contribution in [2.24, 2.45) is 0 Å². The Morgan fingerprint density at radius 1 is 1.08 bits per heavy atom. The van der Waals surface area contributed by atoms with E-state index in [2.05, 4.69) is 12.0 Å². The second-order valence-electron chi connectivity index (χ2n) is 6.37. The smallest absolute Gasteiger partial charge is 0.266 e. The molecule has 1 aliphatic heterocycles. The molecule has 26 heavy (non-hydrogen) atoms. The summed E-state index contributed by atoms with van der Waals surface area (Å²) in [4.78, 5) is 7.84. The van der Waals surface area contributed by atoms with Crippen molar-refractivity contribution in [1.29, 1.82) is 0 Å². The van der Waals surface area contributed by atoms with E-state index in [9.17, 15) is 8.42 Å². The van der Waals surface area contributed by atoms with Crippen LogP contribution in [0.4, 0.5) is 5.88 Å². The molecular weight excluding hydrogens is 354 g/mol. The van der Waals surface area contributed by atoms with E-state index in [0.29, 0.717) is 18.8 Å². The van der Waals surface area contributed by atoms with Gasteiger partial charge in [-0.05, 0) is 24.3 Å². The van der Waals surface area contributed by atoms with E-state index in [1.54, 1.807) is 42.5 Å². The number of quaternary nitrogens is 1. The fourth-order valence-electron chi connectivity index (χ4n) is 2.98. The van der Waals surface area contributed by atoms with Crippen molar-refractivity contribution in [3.8, 4) is 11.7 Å². The van der Waals surface area contributed by atoms with E-state index in [1.807, 2.05) is 4.90 Å². The summed E-state index contributed by atoms with van der Waals surface area (Å²) in [5, 5.41) is -0.0605. The van der Waals surface area contributed by atoms with Crippen LogP contribution in [0.5, 0.6) is 0 Å². The Hall–Kier alpha value is -2.58. The van der Waals surface area contributed by atoms with Gasteiger partial charge in [-0.3, -0.25) is 0 Å². The first-order valence-electron chi connectivity index (χ1n) is 8.47. The first-order chi connectivity index (χ1) is 12.6. The summed E-state index contributed by atoms with van der Waals surface area (Å²) in [6.45, 7) is 3.22. The van der Waals surface area contributed by atoms with E-state index in [0.717, 1.165) is 13.1 Å². The molecule has 2 aromatic heterocycles. The Kier molecular flexibility index (Phi) is 4.29. The Bertz CT molecular complexity index is 973. The minimum absolute atomic E-state index is 0.0605. The summed E-state index contributed by atoms with van der Waals surface area (Å²) in [7, 11) is -1.68. The molecule has 3 aromatic rings. The lowest BCUT2D eigenvalue weighted by Crippen LogP contribution is -3.12. The molecular formula is C18H20N3O4S+. The predicted molar refractivity (Wildman–Crippen MR) is 94.9 cm³/mol. The molecule has 1 N–H and O–H groups in total. The van der Waals surface area contributed by atoms with E-state index in [-0.39, 0.29) is 21.7 Å². The van der Waals surface area contributed by atoms with Crippen LogP contribution < -0.4 is 9.80 Å². The number of rotatable bonds is 4. The molecule has 136 valence electrons. The van der Waals surface area contributed by atoms with Crippen LogP contribution in [0.25, 0.3) is 11.7 Å². The van der Waals surface area contributed by atoms with Gasteiger partial charge in [0.15, 0.2) is 5.76 Å². The van der Waals surface area contributed by atoms with Crippen LogP contribution in [0.15, 0.2) is 67.5 Å². The topological polar surface area (TPSA) is 81.0 Å². The first-order valence-corrected chi connectivity index (χ1v) is 9.95. The van der Waals surface area contributed by atoms with E-state index in [1.165, 1.54) is 11.2 Å². The van der Waals surface area contributed by atoms with Gasteiger partial charge >= 0.3 is 0 Å². The Balaban J connectivity index is 1.82. The molecule has 0 unspecified atom stereocenters. The molecule has 0 saturated carbocycles. The Morgan fingerprint density at radius 3 is 2.46 bits per heavy atom. The van der Waals surface area contributed by atoms with Gasteiger partial charge in [0.1, 0.15) is 0 Å². The maximum Gasteiger partial charge on any atom is 0.266 e. The number of hydrogen-bond donors (Lipinski definition) is 1. The maximum atomic E-state index is 13.2. The number of piperazine rings is 1. The normalized spacial score (nSPS) is 16.1. The third kappa shape index (κ3) is 3.02. The second kappa shape index (κ2) is 6.62. The highest BCUT2D eigenvalue weighted by Gasteiger charge is 2.33. The number of anilines is 1. The van der Waals surface area contributed by atoms with E-state index >= 15 is 0 Å². The molecule has 4 rings (SSSR count). The zero-order valence-electron chi connectivity index (χ0n) is 14.4. The summed E-state index contributed by atoms with van der Waals surface area (Å²) < 4.78 is 37.5. The number of aromatic nitrogens is 1. The van der Waals surface area contributed by atoms with E-state index in [4.69, 9.17) is 8.83 Å². The lowest BCUT2D eigenvalue weighted by atomic mass is 10.3. The summed E-state index contributed by atoms with van der Waals surface area (Å²) in [5.41, 5.74) is 0. The Morgan fingerprint density at radius 2 is 1.81 bits per heavy atom. The van der Waals surface area contributed by atoms with Gasteiger partial charge in [-0.25, -0.2) is 8.42 Å². The van der Waals surface area contributed by atoms with Crippen molar-refractivity contribution in [2.75, 3.05) is 38.1 Å². The van der Waals surface area contributed by atoms with Crippen LogP contribution in [0.2, 0.25) is 0 Å². The minimum atomic E-state index is -3.80. The lowest BCUT2D eigenvalue weighted by molar-refractivity contribution is -0.880. The first kappa shape index (κ1) is 16.9. The Labute approximate surface area is 151 Å². The van der Waals surface area contributed by atoms with Crippen LogP contribution in [0.1, 0.15) is 0 Å². The summed E-state index contributed by atoms with van der Waals surface area (Å²) >= 11 is 0. The molecule has 8 heteroatoms. The number of sulfone groups is 1. The molecule has 1 aromatic carbocycles. The van der Waals surface area contributed by atoms with Crippen molar-refractivity contribution in [2.45, 2.75) is 9.92 Å². The van der Waals surface area contributed by atoms with Gasteiger partial charge in [0.2, 0.25) is 20.7 Å². The van der Waals surface area contributed by atoms with Gasteiger partial charge in [-0.2, -0.15) is 4.98 Å². The fourth-order valence-corrected chi connectivity index (χ4v) is 4.32. The zero-order chi connectivity index (χ0) is 18.1.